The highest BCUT2D eigenvalue weighted by Gasteiger charge is 2.18. The van der Waals surface area contributed by atoms with Crippen LogP contribution in [-0.4, -0.2) is 44.3 Å². The maximum Gasteiger partial charge on any atom is 0.337 e. The molecule has 142 valence electrons. The van der Waals surface area contributed by atoms with Crippen LogP contribution in [0.5, 0.6) is 0 Å². The molecule has 28 heavy (non-hydrogen) atoms. The molecule has 0 aliphatic carbocycles. The van der Waals surface area contributed by atoms with E-state index < -0.39 is 23.9 Å². The molecule has 0 spiro atoms. The van der Waals surface area contributed by atoms with Crippen LogP contribution in [0.25, 0.3) is 10.8 Å². The first-order chi connectivity index (χ1) is 13.2. The van der Waals surface area contributed by atoms with Gasteiger partial charge in [-0.3, -0.25) is 0 Å². The molecule has 3 rings (SSSR count). The zero-order chi connectivity index (χ0) is 20.8. The van der Waals surface area contributed by atoms with Gasteiger partial charge in [0.15, 0.2) is 0 Å². The van der Waals surface area contributed by atoms with Gasteiger partial charge < -0.3 is 20.4 Å². The highest BCUT2D eigenvalue weighted by atomic mass is 16.4. The molecular formula is C20H14O8. The van der Waals surface area contributed by atoms with E-state index in [1.54, 1.807) is 30.3 Å². The molecule has 0 aliphatic heterocycles. The summed E-state index contributed by atoms with van der Waals surface area (Å²) >= 11 is 0. The number of carbonyl (C=O) groups is 4. The molecule has 0 bridgehead atoms. The summed E-state index contributed by atoms with van der Waals surface area (Å²) in [5.41, 5.74) is -0.387. The Bertz CT molecular complexity index is 1060. The van der Waals surface area contributed by atoms with Crippen LogP contribution in [0.3, 0.4) is 0 Å². The Hall–Kier alpha value is -4.20. The van der Waals surface area contributed by atoms with Crippen molar-refractivity contribution in [3.05, 3.63) is 82.9 Å². The zero-order valence-electron chi connectivity index (χ0n) is 14.2. The fourth-order valence-electron chi connectivity index (χ4n) is 2.47. The lowest BCUT2D eigenvalue weighted by Gasteiger charge is -2.05. The monoisotopic (exact) mass is 382 g/mol. The van der Waals surface area contributed by atoms with Crippen molar-refractivity contribution in [1.82, 2.24) is 0 Å². The fourth-order valence-corrected chi connectivity index (χ4v) is 2.47. The zero-order valence-corrected chi connectivity index (χ0v) is 14.2. The molecule has 8 heteroatoms. The summed E-state index contributed by atoms with van der Waals surface area (Å²) in [5.74, 6) is -4.71. The van der Waals surface area contributed by atoms with Gasteiger partial charge in [0.2, 0.25) is 0 Å². The molecule has 3 aromatic rings. The van der Waals surface area contributed by atoms with Gasteiger partial charge >= 0.3 is 23.9 Å². The van der Waals surface area contributed by atoms with E-state index in [4.69, 9.17) is 20.4 Å². The SMILES string of the molecule is O=C(O)c1ccc2ccccc2c1C(=O)O.O=C(O)c1cccc(C(=O)O)c1. The van der Waals surface area contributed by atoms with E-state index in [2.05, 4.69) is 0 Å². The molecule has 0 saturated carbocycles. The van der Waals surface area contributed by atoms with Crippen molar-refractivity contribution in [3.8, 4) is 0 Å². The third-order valence-electron chi connectivity index (χ3n) is 3.73. The molecule has 0 radical (unpaired) electrons. The topological polar surface area (TPSA) is 149 Å². The van der Waals surface area contributed by atoms with Gasteiger partial charge in [0.25, 0.3) is 0 Å². The lowest BCUT2D eigenvalue weighted by Crippen LogP contribution is -2.08. The van der Waals surface area contributed by atoms with Crippen molar-refractivity contribution < 1.29 is 39.6 Å². The predicted octanol–water partition coefficient (Wildman–Crippen LogP) is 3.32. The van der Waals surface area contributed by atoms with Gasteiger partial charge in [-0.15, -0.1) is 0 Å². The molecule has 4 N–H and O–H groups in total. The second kappa shape index (κ2) is 8.45. The third-order valence-corrected chi connectivity index (χ3v) is 3.73. The van der Waals surface area contributed by atoms with Crippen LogP contribution >= 0.6 is 0 Å². The summed E-state index contributed by atoms with van der Waals surface area (Å²) in [6.45, 7) is 0. The van der Waals surface area contributed by atoms with Crippen molar-refractivity contribution in [1.29, 1.82) is 0 Å². The molecule has 0 fully saturated rings. The van der Waals surface area contributed by atoms with E-state index in [9.17, 15) is 19.2 Å². The van der Waals surface area contributed by atoms with E-state index in [-0.39, 0.29) is 22.3 Å². The van der Waals surface area contributed by atoms with E-state index >= 15 is 0 Å². The van der Waals surface area contributed by atoms with Crippen LogP contribution in [0, 0.1) is 0 Å². The minimum Gasteiger partial charge on any atom is -0.478 e. The quantitative estimate of drug-likeness (QED) is 0.537. The van der Waals surface area contributed by atoms with Crippen molar-refractivity contribution in [3.63, 3.8) is 0 Å². The highest BCUT2D eigenvalue weighted by molar-refractivity contribution is 6.11. The Morgan fingerprint density at radius 2 is 1.14 bits per heavy atom. The number of hydrogen-bond donors (Lipinski definition) is 4. The van der Waals surface area contributed by atoms with Crippen LogP contribution in [0.15, 0.2) is 60.7 Å². The molecule has 3 aromatic carbocycles. The van der Waals surface area contributed by atoms with E-state index in [0.717, 1.165) is 6.07 Å². The van der Waals surface area contributed by atoms with Gasteiger partial charge in [-0.05, 0) is 35.0 Å². The lowest BCUT2D eigenvalue weighted by atomic mass is 9.99. The number of carboxylic acids is 4. The summed E-state index contributed by atoms with van der Waals surface area (Å²) in [4.78, 5) is 42.7. The van der Waals surface area contributed by atoms with Gasteiger partial charge in [0, 0.05) is 0 Å². The van der Waals surface area contributed by atoms with E-state index in [0.29, 0.717) is 10.8 Å². The lowest BCUT2D eigenvalue weighted by molar-refractivity contribution is 0.0653. The number of benzene rings is 3. The minimum atomic E-state index is -1.23. The summed E-state index contributed by atoms with van der Waals surface area (Å²) in [6.07, 6.45) is 0. The van der Waals surface area contributed by atoms with Crippen LogP contribution in [0.4, 0.5) is 0 Å². The fraction of sp³-hybridized carbons (Fsp3) is 0. The van der Waals surface area contributed by atoms with Gasteiger partial charge in [0.05, 0.1) is 22.3 Å². The van der Waals surface area contributed by atoms with Gasteiger partial charge in [-0.25, -0.2) is 19.2 Å². The molecule has 0 unspecified atom stereocenters. The smallest absolute Gasteiger partial charge is 0.337 e. The average Bonchev–Trinajstić information content (AvgIpc) is 2.67. The molecule has 0 atom stereocenters. The molecule has 0 aromatic heterocycles. The van der Waals surface area contributed by atoms with Crippen molar-refractivity contribution in [2.24, 2.45) is 0 Å². The summed E-state index contributed by atoms with van der Waals surface area (Å²) < 4.78 is 0. The van der Waals surface area contributed by atoms with Crippen molar-refractivity contribution in [2.45, 2.75) is 0 Å². The number of rotatable bonds is 4. The first-order valence-electron chi connectivity index (χ1n) is 7.77. The maximum atomic E-state index is 11.1. The largest absolute Gasteiger partial charge is 0.478 e. The molecular weight excluding hydrogens is 368 g/mol. The Morgan fingerprint density at radius 1 is 0.571 bits per heavy atom. The number of hydrogen-bond acceptors (Lipinski definition) is 4. The number of fused-ring (bicyclic) bond motifs is 1. The Morgan fingerprint density at radius 3 is 1.64 bits per heavy atom. The van der Waals surface area contributed by atoms with Crippen LogP contribution in [0.1, 0.15) is 41.4 Å². The second-order valence-electron chi connectivity index (χ2n) is 5.51. The molecule has 0 amide bonds. The summed E-state index contributed by atoms with van der Waals surface area (Å²) in [6, 6.07) is 14.9. The first kappa shape index (κ1) is 20.1. The second-order valence-corrected chi connectivity index (χ2v) is 5.51. The molecule has 0 saturated heterocycles. The van der Waals surface area contributed by atoms with Gasteiger partial charge in [-0.2, -0.15) is 0 Å². The normalized spacial score (nSPS) is 9.86. The van der Waals surface area contributed by atoms with Crippen LogP contribution < -0.4 is 0 Å². The maximum absolute atomic E-state index is 11.1. The Labute approximate surface area is 157 Å². The van der Waals surface area contributed by atoms with E-state index in [1.165, 1.54) is 24.3 Å². The predicted molar refractivity (Wildman–Crippen MR) is 98.2 cm³/mol. The van der Waals surface area contributed by atoms with Gasteiger partial charge in [0.1, 0.15) is 0 Å². The average molecular weight is 382 g/mol. The highest BCUT2D eigenvalue weighted by Crippen LogP contribution is 2.22. The molecule has 8 nitrogen and oxygen atoms in total. The standard InChI is InChI=1S/C12H8O4.C8H6O4/c13-11(14)9-6-5-7-3-1-2-4-8(7)10(9)12(15)16;9-7(10)5-2-1-3-6(4-5)8(11)12/h1-6H,(H,13,14)(H,15,16);1-4H,(H,9,10)(H,11,12). The van der Waals surface area contributed by atoms with Gasteiger partial charge in [-0.1, -0.05) is 36.4 Å². The number of aromatic carboxylic acids is 4. The first-order valence-corrected chi connectivity index (χ1v) is 7.77. The molecule has 0 aliphatic rings. The Kier molecular flexibility index (Phi) is 6.07. The third kappa shape index (κ3) is 4.50. The van der Waals surface area contributed by atoms with Crippen LogP contribution in [-0.2, 0) is 0 Å². The van der Waals surface area contributed by atoms with Crippen molar-refractivity contribution >= 4 is 34.6 Å². The number of carboxylic acid groups (broad SMARTS) is 4. The van der Waals surface area contributed by atoms with E-state index in [1.807, 2.05) is 0 Å². The molecule has 0 heterocycles. The van der Waals surface area contributed by atoms with Crippen molar-refractivity contribution in [2.75, 3.05) is 0 Å². The summed E-state index contributed by atoms with van der Waals surface area (Å²) in [5, 5.41) is 36.1. The minimum absolute atomic E-state index is 0.0186. The van der Waals surface area contributed by atoms with Crippen LogP contribution in [0.2, 0.25) is 0 Å². The Balaban J connectivity index is 0.000000209. The summed E-state index contributed by atoms with van der Waals surface area (Å²) in [7, 11) is 0.